The molecule has 126 valence electrons. The highest BCUT2D eigenvalue weighted by Gasteiger charge is 2.36. The molecular formula is C18H11Cl2NO3S. The number of ketones is 1. The molecule has 4 nitrogen and oxygen atoms in total. The van der Waals surface area contributed by atoms with E-state index in [1.54, 1.807) is 54.6 Å². The van der Waals surface area contributed by atoms with Gasteiger partial charge in [-0.05, 0) is 59.8 Å². The summed E-state index contributed by atoms with van der Waals surface area (Å²) >= 11 is 12.5. The molecule has 0 unspecified atom stereocenters. The van der Waals surface area contributed by atoms with Gasteiger partial charge in [-0.2, -0.15) is 0 Å². The van der Waals surface area contributed by atoms with Gasteiger partial charge in [-0.3, -0.25) is 19.3 Å². The Morgan fingerprint density at radius 2 is 1.76 bits per heavy atom. The summed E-state index contributed by atoms with van der Waals surface area (Å²) in [6, 6.07) is 13.2. The Bertz CT molecular complexity index is 893. The average Bonchev–Trinajstić information content (AvgIpc) is 2.83. The molecule has 1 heterocycles. The number of hydrogen-bond donors (Lipinski definition) is 0. The second-order valence-electron chi connectivity index (χ2n) is 5.25. The van der Waals surface area contributed by atoms with Crippen molar-refractivity contribution in [3.63, 3.8) is 0 Å². The highest BCUT2D eigenvalue weighted by Crippen LogP contribution is 2.32. The summed E-state index contributed by atoms with van der Waals surface area (Å²) in [6.45, 7) is -0.306. The van der Waals surface area contributed by atoms with Gasteiger partial charge in [0.05, 0.1) is 11.4 Å². The molecule has 1 saturated heterocycles. The molecular weight excluding hydrogens is 381 g/mol. The van der Waals surface area contributed by atoms with Gasteiger partial charge in [-0.1, -0.05) is 35.3 Å². The summed E-state index contributed by atoms with van der Waals surface area (Å²) in [4.78, 5) is 38.0. The van der Waals surface area contributed by atoms with Gasteiger partial charge in [0, 0.05) is 15.6 Å². The molecule has 0 atom stereocenters. The van der Waals surface area contributed by atoms with Gasteiger partial charge in [0.1, 0.15) is 0 Å². The van der Waals surface area contributed by atoms with E-state index in [0.29, 0.717) is 21.2 Å². The van der Waals surface area contributed by atoms with Crippen molar-refractivity contribution in [2.75, 3.05) is 6.54 Å². The standard InChI is InChI=1S/C18H11Cl2NO3S/c19-13-6-4-12(5-7-13)15(22)10-21-17(23)16(25-18(21)24)9-11-2-1-3-14(20)8-11/h1-9H,10H2/b16-9+. The third-order valence-corrected chi connectivity index (χ3v) is 4.88. The molecule has 1 fully saturated rings. The number of thioether (sulfide) groups is 1. The maximum Gasteiger partial charge on any atom is 0.293 e. The second kappa shape index (κ2) is 7.44. The molecule has 25 heavy (non-hydrogen) atoms. The molecule has 0 saturated carbocycles. The third kappa shape index (κ3) is 4.12. The predicted molar refractivity (Wildman–Crippen MR) is 99.9 cm³/mol. The van der Waals surface area contributed by atoms with E-state index in [1.807, 2.05) is 0 Å². The number of benzene rings is 2. The van der Waals surface area contributed by atoms with Crippen LogP contribution in [0.3, 0.4) is 0 Å². The maximum absolute atomic E-state index is 12.4. The van der Waals surface area contributed by atoms with Gasteiger partial charge in [0.2, 0.25) is 0 Å². The summed E-state index contributed by atoms with van der Waals surface area (Å²) in [6.07, 6.45) is 1.59. The highest BCUT2D eigenvalue weighted by atomic mass is 35.5. The SMILES string of the molecule is O=C(CN1C(=O)S/C(=C/c2cccc(Cl)c2)C1=O)c1ccc(Cl)cc1. The van der Waals surface area contributed by atoms with Crippen LogP contribution in [-0.4, -0.2) is 28.4 Å². The van der Waals surface area contributed by atoms with Crippen molar-refractivity contribution in [3.05, 3.63) is 74.6 Å². The van der Waals surface area contributed by atoms with Crippen molar-refractivity contribution in [2.24, 2.45) is 0 Å². The molecule has 7 heteroatoms. The van der Waals surface area contributed by atoms with Gasteiger partial charge in [-0.15, -0.1) is 0 Å². The number of nitrogens with zero attached hydrogens (tertiary/aromatic N) is 1. The Morgan fingerprint density at radius 3 is 2.44 bits per heavy atom. The molecule has 2 amide bonds. The number of carbonyl (C=O) groups is 3. The quantitative estimate of drug-likeness (QED) is 0.548. The first-order chi connectivity index (χ1) is 11.9. The summed E-state index contributed by atoms with van der Waals surface area (Å²) < 4.78 is 0. The number of hydrogen-bond acceptors (Lipinski definition) is 4. The molecule has 2 aromatic carbocycles. The lowest BCUT2D eigenvalue weighted by atomic mass is 10.1. The number of amides is 2. The van der Waals surface area contributed by atoms with Crippen molar-refractivity contribution in [1.29, 1.82) is 0 Å². The zero-order chi connectivity index (χ0) is 18.0. The number of rotatable bonds is 4. The molecule has 0 aliphatic carbocycles. The molecule has 3 rings (SSSR count). The normalized spacial score (nSPS) is 15.9. The predicted octanol–water partition coefficient (Wildman–Crippen LogP) is 4.91. The van der Waals surface area contributed by atoms with Crippen LogP contribution >= 0.6 is 35.0 Å². The van der Waals surface area contributed by atoms with E-state index in [0.717, 1.165) is 16.7 Å². The lowest BCUT2D eigenvalue weighted by molar-refractivity contribution is -0.122. The minimum absolute atomic E-state index is 0.260. The Labute approximate surface area is 158 Å². The van der Waals surface area contributed by atoms with Crippen LogP contribution < -0.4 is 0 Å². The lowest BCUT2D eigenvalue weighted by Crippen LogP contribution is -2.33. The molecule has 0 bridgehead atoms. The monoisotopic (exact) mass is 391 g/mol. The fraction of sp³-hybridized carbons (Fsp3) is 0.0556. The van der Waals surface area contributed by atoms with Crippen molar-refractivity contribution < 1.29 is 14.4 Å². The van der Waals surface area contributed by atoms with Crippen LogP contribution in [-0.2, 0) is 4.79 Å². The highest BCUT2D eigenvalue weighted by molar-refractivity contribution is 8.18. The van der Waals surface area contributed by atoms with Gasteiger partial charge in [0.15, 0.2) is 5.78 Å². The van der Waals surface area contributed by atoms with Gasteiger partial charge in [0.25, 0.3) is 11.1 Å². The zero-order valence-electron chi connectivity index (χ0n) is 12.7. The number of carbonyl (C=O) groups excluding carboxylic acids is 3. The van der Waals surface area contributed by atoms with Crippen LogP contribution in [0, 0.1) is 0 Å². The van der Waals surface area contributed by atoms with Crippen molar-refractivity contribution in [3.8, 4) is 0 Å². The first-order valence-corrected chi connectivity index (χ1v) is 8.81. The van der Waals surface area contributed by atoms with Crippen molar-refractivity contribution in [1.82, 2.24) is 4.90 Å². The van der Waals surface area contributed by atoms with Crippen molar-refractivity contribution in [2.45, 2.75) is 0 Å². The Hall–Kier alpha value is -2.08. The largest absolute Gasteiger partial charge is 0.293 e. The molecule has 0 aromatic heterocycles. The second-order valence-corrected chi connectivity index (χ2v) is 7.12. The van der Waals surface area contributed by atoms with Crippen LogP contribution in [0.4, 0.5) is 4.79 Å². The van der Waals surface area contributed by atoms with E-state index in [-0.39, 0.29) is 17.2 Å². The summed E-state index contributed by atoms with van der Waals surface area (Å²) in [5.74, 6) is -0.819. The van der Waals surface area contributed by atoms with Gasteiger partial charge in [-0.25, -0.2) is 0 Å². The number of Topliss-reactive ketones (excluding diaryl/α,β-unsaturated/α-hetero) is 1. The van der Waals surface area contributed by atoms with Crippen LogP contribution in [0.25, 0.3) is 6.08 Å². The topological polar surface area (TPSA) is 54.5 Å². The fourth-order valence-electron chi connectivity index (χ4n) is 2.25. The van der Waals surface area contributed by atoms with E-state index in [1.165, 1.54) is 0 Å². The van der Waals surface area contributed by atoms with Crippen LogP contribution in [0.1, 0.15) is 15.9 Å². The first-order valence-electron chi connectivity index (χ1n) is 7.24. The molecule has 2 aromatic rings. The molecule has 0 spiro atoms. The smallest absolute Gasteiger partial charge is 0.292 e. The van der Waals surface area contributed by atoms with E-state index in [2.05, 4.69) is 0 Å². The Kier molecular flexibility index (Phi) is 5.27. The summed E-state index contributed by atoms with van der Waals surface area (Å²) in [5.41, 5.74) is 1.10. The zero-order valence-corrected chi connectivity index (χ0v) is 15.1. The molecule has 0 N–H and O–H groups in total. The minimum atomic E-state index is -0.489. The maximum atomic E-state index is 12.4. The Balaban J connectivity index is 1.77. The number of imide groups is 1. The fourth-order valence-corrected chi connectivity index (χ4v) is 3.42. The van der Waals surface area contributed by atoms with Crippen LogP contribution in [0.2, 0.25) is 10.0 Å². The van der Waals surface area contributed by atoms with E-state index in [9.17, 15) is 14.4 Å². The first kappa shape index (κ1) is 17.7. The summed E-state index contributed by atoms with van der Waals surface area (Å²) in [5, 5.41) is 0.568. The van der Waals surface area contributed by atoms with E-state index >= 15 is 0 Å². The number of halogens is 2. The third-order valence-electron chi connectivity index (χ3n) is 3.49. The van der Waals surface area contributed by atoms with Gasteiger partial charge < -0.3 is 0 Å². The van der Waals surface area contributed by atoms with Crippen molar-refractivity contribution >= 4 is 58.0 Å². The summed E-state index contributed by atoms with van der Waals surface area (Å²) in [7, 11) is 0. The van der Waals surface area contributed by atoms with E-state index in [4.69, 9.17) is 23.2 Å². The molecule has 1 aliphatic heterocycles. The minimum Gasteiger partial charge on any atom is -0.292 e. The molecule has 1 aliphatic rings. The van der Waals surface area contributed by atoms with Crippen LogP contribution in [0.15, 0.2) is 53.4 Å². The lowest BCUT2D eigenvalue weighted by Gasteiger charge is -2.11. The molecule has 0 radical (unpaired) electrons. The average molecular weight is 392 g/mol. The Morgan fingerprint density at radius 1 is 1.04 bits per heavy atom. The van der Waals surface area contributed by atoms with Gasteiger partial charge >= 0.3 is 0 Å². The van der Waals surface area contributed by atoms with E-state index < -0.39 is 11.1 Å². The van der Waals surface area contributed by atoms with Crippen LogP contribution in [0.5, 0.6) is 0 Å².